The minimum atomic E-state index is -3.33. The van der Waals surface area contributed by atoms with Crippen LogP contribution in [-0.4, -0.2) is 23.4 Å². The topological polar surface area (TPSA) is 72.8 Å². The summed E-state index contributed by atoms with van der Waals surface area (Å²) in [4.78, 5) is 0. The third kappa shape index (κ3) is 50.5. The second-order valence-corrected chi connectivity index (χ2v) is 13.4. The van der Waals surface area contributed by atoms with Crippen molar-refractivity contribution in [3.05, 3.63) is 0 Å². The molecule has 1 N–H and O–H groups in total. The molecule has 0 unspecified atom stereocenters. The summed E-state index contributed by atoms with van der Waals surface area (Å²) in [5.74, 6) is 0. The van der Waals surface area contributed by atoms with Crippen LogP contribution >= 0.6 is 57.1 Å². The van der Waals surface area contributed by atoms with Crippen LogP contribution in [0, 0.1) is 0 Å². The first-order valence-electron chi connectivity index (χ1n) is 5.60. The SMILES string of the molecule is CC(C)O.CC(C)OP(=O)(Cl)OC(C)C.O=P(Cl)(Cl)Cl. The molecule has 0 saturated carbocycles. The maximum absolute atomic E-state index is 11.2. The fourth-order valence-corrected chi connectivity index (χ4v) is 2.54. The Kier molecular flexibility index (Phi) is 17.1. The number of aliphatic hydroxyl groups excluding tert-OH is 1. The van der Waals surface area contributed by atoms with E-state index in [9.17, 15) is 9.13 Å². The average molecular weight is 414 g/mol. The molecule has 0 aliphatic rings. The first-order valence-corrected chi connectivity index (χ1v) is 12.5. The minimum Gasteiger partial charge on any atom is -0.394 e. The summed E-state index contributed by atoms with van der Waals surface area (Å²) in [6, 6.07) is 0. The highest BCUT2D eigenvalue weighted by atomic mass is 36.0. The van der Waals surface area contributed by atoms with Crippen LogP contribution in [-0.2, 0) is 18.2 Å². The molecule has 0 heterocycles. The van der Waals surface area contributed by atoms with Gasteiger partial charge in [-0.25, -0.2) is 4.57 Å². The van der Waals surface area contributed by atoms with E-state index in [1.165, 1.54) is 0 Å². The molecule has 0 saturated heterocycles. The standard InChI is InChI=1S/C6H14ClO3P.C3H8O.Cl3OP/c1-5(2)9-11(7,8)10-6(3)4;1-3(2)4;1-5(2,3)4/h5-6H,1-4H3;3-4H,1-2H3;. The predicted molar refractivity (Wildman–Crippen MR) is 88.4 cm³/mol. The molecule has 0 aromatic carbocycles. The van der Waals surface area contributed by atoms with Crippen LogP contribution in [0.1, 0.15) is 41.5 Å². The van der Waals surface area contributed by atoms with Crippen molar-refractivity contribution < 1.29 is 23.3 Å². The third-order valence-corrected chi connectivity index (χ3v) is 2.50. The van der Waals surface area contributed by atoms with Gasteiger partial charge in [0.05, 0.1) is 12.2 Å². The molecule has 0 spiro atoms. The lowest BCUT2D eigenvalue weighted by Crippen LogP contribution is -2.04. The molecule has 0 fully saturated rings. The molecule has 0 atom stereocenters. The summed E-state index contributed by atoms with van der Waals surface area (Å²) >= 11 is 19.3. The van der Waals surface area contributed by atoms with Gasteiger partial charge in [-0.1, -0.05) is 0 Å². The molecule has 0 rings (SSSR count). The lowest BCUT2D eigenvalue weighted by Gasteiger charge is -2.15. The fourth-order valence-electron chi connectivity index (χ4n) is 0.528. The summed E-state index contributed by atoms with van der Waals surface area (Å²) < 4.78 is 30.4. The molecule has 11 heteroatoms. The summed E-state index contributed by atoms with van der Waals surface area (Å²) in [6.45, 7) is 7.11. The third-order valence-electron chi connectivity index (χ3n) is 0.673. The Morgan fingerprint density at radius 1 is 0.800 bits per heavy atom. The van der Waals surface area contributed by atoms with Gasteiger partial charge in [-0.2, -0.15) is 0 Å². The van der Waals surface area contributed by atoms with E-state index in [-0.39, 0.29) is 18.3 Å². The second kappa shape index (κ2) is 13.0. The monoisotopic (exact) mass is 412 g/mol. The van der Waals surface area contributed by atoms with Crippen molar-refractivity contribution in [2.75, 3.05) is 0 Å². The normalized spacial score (nSPS) is 11.9. The summed E-state index contributed by atoms with van der Waals surface area (Å²) in [5, 5.41) is 4.83. The van der Waals surface area contributed by atoms with Gasteiger partial charge < -0.3 is 5.11 Å². The molecular formula is C9H22Cl4O5P2. The van der Waals surface area contributed by atoms with Crippen molar-refractivity contribution >= 4 is 57.1 Å². The zero-order valence-electron chi connectivity index (χ0n) is 12.2. The van der Waals surface area contributed by atoms with E-state index >= 15 is 0 Å². The minimum absolute atomic E-state index is 0.167. The lowest BCUT2D eigenvalue weighted by molar-refractivity contribution is 0.154. The van der Waals surface area contributed by atoms with Gasteiger partial charge in [0.2, 0.25) is 0 Å². The molecular weight excluding hydrogens is 392 g/mol. The highest BCUT2D eigenvalue weighted by Crippen LogP contribution is 2.61. The van der Waals surface area contributed by atoms with Crippen LogP contribution in [0.5, 0.6) is 0 Å². The molecule has 0 aromatic rings. The molecule has 0 amide bonds. The summed E-state index contributed by atoms with van der Waals surface area (Å²) in [5.41, 5.74) is 0. The molecule has 126 valence electrons. The number of rotatable bonds is 4. The Morgan fingerprint density at radius 2 is 0.950 bits per heavy atom. The smallest absolute Gasteiger partial charge is 0.394 e. The molecule has 0 bridgehead atoms. The van der Waals surface area contributed by atoms with Crippen LogP contribution in [0.3, 0.4) is 0 Å². The summed E-state index contributed by atoms with van der Waals surface area (Å²) in [7, 11) is 0. The summed E-state index contributed by atoms with van der Waals surface area (Å²) in [6.07, 6.45) is -0.533. The number of halogens is 4. The van der Waals surface area contributed by atoms with E-state index in [4.69, 9.17) is 25.4 Å². The van der Waals surface area contributed by atoms with E-state index in [1.54, 1.807) is 41.5 Å². The fraction of sp³-hybridized carbons (Fsp3) is 1.00. The Hall–Kier alpha value is 1.50. The van der Waals surface area contributed by atoms with Gasteiger partial charge in [-0.15, -0.1) is 0 Å². The van der Waals surface area contributed by atoms with Crippen molar-refractivity contribution in [2.45, 2.75) is 59.9 Å². The van der Waals surface area contributed by atoms with Crippen LogP contribution in [0.25, 0.3) is 0 Å². The molecule has 20 heavy (non-hydrogen) atoms. The first-order chi connectivity index (χ1) is 8.57. The van der Waals surface area contributed by atoms with Crippen molar-refractivity contribution in [3.8, 4) is 0 Å². The average Bonchev–Trinajstić information content (AvgIpc) is 1.90. The highest BCUT2D eigenvalue weighted by molar-refractivity contribution is 8.24. The van der Waals surface area contributed by atoms with E-state index in [1.807, 2.05) is 0 Å². The molecule has 0 aliphatic heterocycles. The van der Waals surface area contributed by atoms with Gasteiger partial charge in [0.1, 0.15) is 0 Å². The van der Waals surface area contributed by atoms with E-state index in [2.05, 4.69) is 33.7 Å². The zero-order valence-corrected chi connectivity index (χ0v) is 17.0. The number of aliphatic hydroxyl groups is 1. The maximum atomic E-state index is 11.2. The largest absolute Gasteiger partial charge is 0.424 e. The van der Waals surface area contributed by atoms with Crippen LogP contribution < -0.4 is 0 Å². The molecule has 0 radical (unpaired) electrons. The quantitative estimate of drug-likeness (QED) is 0.541. The molecule has 0 aliphatic carbocycles. The van der Waals surface area contributed by atoms with Gasteiger partial charge >= 0.3 is 12.1 Å². The molecule has 0 aromatic heterocycles. The van der Waals surface area contributed by atoms with Crippen molar-refractivity contribution in [1.82, 2.24) is 0 Å². The van der Waals surface area contributed by atoms with Gasteiger partial charge in [0.15, 0.2) is 0 Å². The van der Waals surface area contributed by atoms with Crippen LogP contribution in [0.2, 0.25) is 0 Å². The van der Waals surface area contributed by atoms with Gasteiger partial charge in [-0.3, -0.25) is 13.6 Å². The maximum Gasteiger partial charge on any atom is 0.424 e. The van der Waals surface area contributed by atoms with Crippen molar-refractivity contribution in [2.24, 2.45) is 0 Å². The van der Waals surface area contributed by atoms with Crippen molar-refractivity contribution in [1.29, 1.82) is 0 Å². The Labute approximate surface area is 140 Å². The predicted octanol–water partition coefficient (Wildman–Crippen LogP) is 6.38. The number of hydrogen-bond donors (Lipinski definition) is 1. The van der Waals surface area contributed by atoms with Gasteiger partial charge in [0, 0.05) is 17.3 Å². The van der Waals surface area contributed by atoms with Crippen LogP contribution in [0.4, 0.5) is 0 Å². The second-order valence-electron chi connectivity index (χ2n) is 4.23. The Morgan fingerprint density at radius 3 is 1.05 bits per heavy atom. The lowest BCUT2D eigenvalue weighted by atomic mass is 10.5. The number of hydrogen-bond acceptors (Lipinski definition) is 5. The van der Waals surface area contributed by atoms with Gasteiger partial charge in [0.25, 0.3) is 0 Å². The Balaban J connectivity index is -0.000000266. The first kappa shape index (κ1) is 26.4. The van der Waals surface area contributed by atoms with Crippen LogP contribution in [0.15, 0.2) is 0 Å². The van der Waals surface area contributed by atoms with Gasteiger partial charge in [-0.05, 0) is 75.3 Å². The zero-order chi connectivity index (χ0) is 17.1. The van der Waals surface area contributed by atoms with E-state index in [0.29, 0.717) is 0 Å². The van der Waals surface area contributed by atoms with Crippen molar-refractivity contribution in [3.63, 3.8) is 0 Å². The Bertz CT molecular complexity index is 294. The highest BCUT2D eigenvalue weighted by Gasteiger charge is 2.23. The van der Waals surface area contributed by atoms with E-state index in [0.717, 1.165) is 0 Å². The van der Waals surface area contributed by atoms with E-state index < -0.39 is 12.1 Å². The molecule has 5 nitrogen and oxygen atoms in total.